The third-order valence-corrected chi connectivity index (χ3v) is 3.52. The molecule has 1 aliphatic carbocycles. The summed E-state index contributed by atoms with van der Waals surface area (Å²) in [4.78, 5) is 13.5. The van der Waals surface area contributed by atoms with Crippen LogP contribution in [0.2, 0.25) is 0 Å². The van der Waals surface area contributed by atoms with Crippen molar-refractivity contribution >= 4 is 33.0 Å². The van der Waals surface area contributed by atoms with E-state index < -0.39 is 22.7 Å². The number of hydrogen-bond acceptors (Lipinski definition) is 3. The second kappa shape index (κ2) is 3.72. The first kappa shape index (κ1) is 12.9. The first-order valence-corrected chi connectivity index (χ1v) is 5.99. The Labute approximate surface area is 118 Å². The third-order valence-electron chi connectivity index (χ3n) is 3.52. The molecule has 4 radical (unpaired) electrons. The van der Waals surface area contributed by atoms with Crippen molar-refractivity contribution in [3.8, 4) is 18.1 Å². The monoisotopic (exact) mass is 266 g/mol. The van der Waals surface area contributed by atoms with E-state index in [1.807, 2.05) is 0 Å². The molecule has 1 aromatic carbocycles. The molecule has 0 aromatic heterocycles. The summed E-state index contributed by atoms with van der Waals surface area (Å²) >= 11 is 0. The van der Waals surface area contributed by atoms with E-state index in [1.165, 1.54) is 6.07 Å². The Morgan fingerprint density at radius 3 is 2.70 bits per heavy atom. The van der Waals surface area contributed by atoms with Gasteiger partial charge < -0.3 is 15.4 Å². The molecule has 1 spiro atoms. The van der Waals surface area contributed by atoms with E-state index in [-0.39, 0.29) is 17.1 Å². The van der Waals surface area contributed by atoms with E-state index in [9.17, 15) is 9.18 Å². The Hall–Kier alpha value is -2.09. The van der Waals surface area contributed by atoms with Gasteiger partial charge in [-0.1, -0.05) is 5.92 Å². The summed E-state index contributed by atoms with van der Waals surface area (Å²) < 4.78 is 19.2. The largest absolute Gasteiger partial charge is 0.475 e. The lowest BCUT2D eigenvalue weighted by molar-refractivity contribution is -0.128. The van der Waals surface area contributed by atoms with Crippen LogP contribution in [0, 0.1) is 18.2 Å². The molecular weight excluding hydrogens is 257 g/mol. The SMILES string of the molecule is [B]C([B])(C#C)N1C(=O)C2(CC2)Oc2cc(F)c(N)cc21. The summed E-state index contributed by atoms with van der Waals surface area (Å²) in [5, 5.41) is -1.84. The summed E-state index contributed by atoms with van der Waals surface area (Å²) in [6.45, 7) is 0. The lowest BCUT2D eigenvalue weighted by Crippen LogP contribution is -2.59. The molecule has 1 aromatic rings. The van der Waals surface area contributed by atoms with E-state index in [2.05, 4.69) is 5.92 Å². The zero-order chi connectivity index (χ0) is 14.7. The molecule has 1 aliphatic heterocycles. The maximum atomic E-state index is 13.6. The second-order valence-electron chi connectivity index (χ2n) is 5.05. The highest BCUT2D eigenvalue weighted by molar-refractivity contribution is 6.46. The molecule has 2 aliphatic rings. The van der Waals surface area contributed by atoms with Crippen LogP contribution in [0.3, 0.4) is 0 Å². The van der Waals surface area contributed by atoms with Gasteiger partial charge in [-0.25, -0.2) is 4.39 Å². The Balaban J connectivity index is 2.22. The van der Waals surface area contributed by atoms with E-state index in [0.717, 1.165) is 11.0 Å². The number of anilines is 2. The fourth-order valence-electron chi connectivity index (χ4n) is 2.24. The van der Waals surface area contributed by atoms with Crippen molar-refractivity contribution < 1.29 is 13.9 Å². The van der Waals surface area contributed by atoms with E-state index in [4.69, 9.17) is 32.6 Å². The molecule has 2 N–H and O–H groups in total. The van der Waals surface area contributed by atoms with E-state index in [0.29, 0.717) is 12.8 Å². The molecule has 1 heterocycles. The topological polar surface area (TPSA) is 55.6 Å². The summed E-state index contributed by atoms with van der Waals surface area (Å²) in [6.07, 6.45) is 6.31. The zero-order valence-electron chi connectivity index (χ0n) is 10.5. The lowest BCUT2D eigenvalue weighted by Gasteiger charge is -2.42. The number of nitrogen functional groups attached to an aromatic ring is 1. The zero-order valence-corrected chi connectivity index (χ0v) is 10.5. The fraction of sp³-hybridized carbons (Fsp3) is 0.308. The van der Waals surface area contributed by atoms with Crippen LogP contribution in [0.4, 0.5) is 15.8 Å². The van der Waals surface area contributed by atoms with Gasteiger partial charge in [-0.05, 0) is 6.07 Å². The highest BCUT2D eigenvalue weighted by atomic mass is 19.1. The van der Waals surface area contributed by atoms with Crippen LogP contribution in [0.5, 0.6) is 5.75 Å². The highest BCUT2D eigenvalue weighted by Gasteiger charge is 2.59. The Bertz CT molecular complexity index is 665. The molecule has 1 amide bonds. The molecule has 0 bridgehead atoms. The van der Waals surface area contributed by atoms with Crippen LogP contribution in [0.1, 0.15) is 12.8 Å². The average Bonchev–Trinajstić information content (AvgIpc) is 3.14. The Morgan fingerprint density at radius 1 is 1.50 bits per heavy atom. The van der Waals surface area contributed by atoms with Crippen molar-refractivity contribution in [2.75, 3.05) is 10.6 Å². The number of amides is 1. The van der Waals surface area contributed by atoms with Gasteiger partial charge in [0.2, 0.25) is 0 Å². The number of halogens is 1. The Morgan fingerprint density at radius 2 is 2.15 bits per heavy atom. The lowest BCUT2D eigenvalue weighted by atomic mass is 9.61. The predicted octanol–water partition coefficient (Wildman–Crippen LogP) is 0.290. The number of rotatable bonds is 1. The van der Waals surface area contributed by atoms with Crippen LogP contribution in [-0.2, 0) is 4.79 Å². The smallest absolute Gasteiger partial charge is 0.271 e. The highest BCUT2D eigenvalue weighted by Crippen LogP contribution is 2.51. The summed E-state index contributed by atoms with van der Waals surface area (Å²) in [5.41, 5.74) is 4.51. The first-order chi connectivity index (χ1) is 9.31. The Kier molecular flexibility index (Phi) is 2.40. The minimum Gasteiger partial charge on any atom is -0.475 e. The van der Waals surface area contributed by atoms with Gasteiger partial charge in [-0.15, -0.1) is 6.42 Å². The van der Waals surface area contributed by atoms with Crippen LogP contribution in [0.15, 0.2) is 12.1 Å². The van der Waals surface area contributed by atoms with Crippen molar-refractivity contribution in [1.29, 1.82) is 0 Å². The molecule has 3 rings (SSSR count). The van der Waals surface area contributed by atoms with Crippen LogP contribution >= 0.6 is 0 Å². The molecule has 7 heteroatoms. The molecule has 96 valence electrons. The van der Waals surface area contributed by atoms with Crippen molar-refractivity contribution in [1.82, 2.24) is 0 Å². The van der Waals surface area contributed by atoms with Gasteiger partial charge in [0.25, 0.3) is 5.91 Å². The minimum atomic E-state index is -1.84. The van der Waals surface area contributed by atoms with Gasteiger partial charge in [0.05, 0.1) is 11.4 Å². The minimum absolute atomic E-state index is 0.148. The third kappa shape index (κ3) is 1.61. The molecule has 0 atom stereocenters. The molecule has 1 fully saturated rings. The summed E-state index contributed by atoms with van der Waals surface area (Å²) in [5.74, 6) is 1.23. The van der Waals surface area contributed by atoms with Gasteiger partial charge in [-0.2, -0.15) is 0 Å². The average molecular weight is 266 g/mol. The number of benzene rings is 1. The normalized spacial score (nSPS) is 19.2. The maximum Gasteiger partial charge on any atom is 0.271 e. The molecule has 0 unspecified atom stereocenters. The van der Waals surface area contributed by atoms with Crippen molar-refractivity contribution in [3.05, 3.63) is 17.9 Å². The van der Waals surface area contributed by atoms with Gasteiger partial charge in [-0.3, -0.25) is 4.79 Å². The van der Waals surface area contributed by atoms with Crippen LogP contribution < -0.4 is 15.4 Å². The maximum absolute atomic E-state index is 13.6. The molecule has 1 saturated carbocycles. The van der Waals surface area contributed by atoms with Gasteiger partial charge in [0.1, 0.15) is 27.3 Å². The second-order valence-corrected chi connectivity index (χ2v) is 5.05. The number of fused-ring (bicyclic) bond motifs is 1. The molecule has 4 nitrogen and oxygen atoms in total. The first-order valence-electron chi connectivity index (χ1n) is 5.99. The van der Waals surface area contributed by atoms with E-state index in [1.54, 1.807) is 0 Å². The van der Waals surface area contributed by atoms with Gasteiger partial charge in [0.15, 0.2) is 5.60 Å². The molecule has 0 saturated heterocycles. The number of carbonyl (C=O) groups excluding carboxylic acids is 1. The number of ether oxygens (including phenoxy) is 1. The number of terminal acetylenes is 1. The van der Waals surface area contributed by atoms with Crippen molar-refractivity contribution in [3.63, 3.8) is 0 Å². The van der Waals surface area contributed by atoms with Gasteiger partial charge in [0, 0.05) is 24.2 Å². The number of nitrogens with two attached hydrogens (primary N) is 1. The molecule has 20 heavy (non-hydrogen) atoms. The van der Waals surface area contributed by atoms with Crippen LogP contribution in [0.25, 0.3) is 0 Å². The standard InChI is InChI=1S/C13H9B2FN2O2/c1-2-13(14,15)18-9-6-8(17)7(16)5-10(9)20-12(3-4-12)11(18)19/h1,5-6H,3-4,17H2. The summed E-state index contributed by atoms with van der Waals surface area (Å²) in [7, 11) is 11.6. The van der Waals surface area contributed by atoms with E-state index >= 15 is 0 Å². The van der Waals surface area contributed by atoms with Gasteiger partial charge >= 0.3 is 0 Å². The fourth-order valence-corrected chi connectivity index (χ4v) is 2.24. The number of hydrogen-bond donors (Lipinski definition) is 1. The predicted molar refractivity (Wildman–Crippen MR) is 74.0 cm³/mol. The quantitative estimate of drug-likeness (QED) is 0.451. The number of nitrogens with zero attached hydrogens (tertiary/aromatic N) is 1. The molecular formula is C13H9B2FN2O2. The van der Waals surface area contributed by atoms with Crippen molar-refractivity contribution in [2.24, 2.45) is 0 Å². The van der Waals surface area contributed by atoms with Crippen LogP contribution in [-0.4, -0.2) is 32.5 Å². The van der Waals surface area contributed by atoms with Crippen molar-refractivity contribution in [2.45, 2.75) is 23.8 Å². The number of carbonyl (C=O) groups is 1. The summed E-state index contributed by atoms with van der Waals surface area (Å²) in [6, 6.07) is 2.35.